The van der Waals surface area contributed by atoms with Crippen LogP contribution in [0.15, 0.2) is 36.5 Å². The van der Waals surface area contributed by atoms with Crippen LogP contribution in [0.25, 0.3) is 0 Å². The molecule has 0 saturated heterocycles. The molecule has 0 atom stereocenters. The molecule has 1 heterocycles. The highest BCUT2D eigenvalue weighted by Gasteiger charge is 2.09. The number of anilines is 1. The van der Waals surface area contributed by atoms with E-state index in [1.54, 1.807) is 12.1 Å². The number of aromatic nitrogens is 1. The van der Waals surface area contributed by atoms with Crippen LogP contribution in [0.4, 0.5) is 10.1 Å². The van der Waals surface area contributed by atoms with Crippen LogP contribution in [0.5, 0.6) is 0 Å². The zero-order chi connectivity index (χ0) is 15.2. The first-order valence-corrected chi connectivity index (χ1v) is 6.23. The Kier molecular flexibility index (Phi) is 4.64. The van der Waals surface area contributed by atoms with Crippen molar-refractivity contribution in [2.45, 2.75) is 6.92 Å². The molecule has 0 fully saturated rings. The predicted molar refractivity (Wildman–Crippen MR) is 77.3 cm³/mol. The molecule has 0 radical (unpaired) electrons. The molecule has 1 aromatic carbocycles. The molecule has 2 aromatic rings. The smallest absolute Gasteiger partial charge is 0.255 e. The van der Waals surface area contributed by atoms with E-state index in [4.69, 9.17) is 5.11 Å². The van der Waals surface area contributed by atoms with Crippen molar-refractivity contribution in [1.82, 2.24) is 4.98 Å². The Morgan fingerprint density at radius 2 is 2.19 bits per heavy atom. The highest BCUT2D eigenvalue weighted by Crippen LogP contribution is 2.12. The second kappa shape index (κ2) is 6.64. The number of aliphatic hydroxyl groups is 1. The molecule has 2 rings (SSSR count). The molecule has 0 spiro atoms. The number of pyridine rings is 1. The first-order valence-electron chi connectivity index (χ1n) is 6.23. The summed E-state index contributed by atoms with van der Waals surface area (Å²) in [5.74, 6) is 3.79. The van der Waals surface area contributed by atoms with E-state index in [2.05, 4.69) is 22.1 Å². The van der Waals surface area contributed by atoms with Gasteiger partial charge < -0.3 is 10.4 Å². The molecule has 0 aliphatic rings. The van der Waals surface area contributed by atoms with Crippen molar-refractivity contribution >= 4 is 11.6 Å². The van der Waals surface area contributed by atoms with Gasteiger partial charge in [-0.3, -0.25) is 9.78 Å². The highest BCUT2D eigenvalue weighted by atomic mass is 19.1. The van der Waals surface area contributed by atoms with Gasteiger partial charge in [0.05, 0.1) is 17.4 Å². The third kappa shape index (κ3) is 3.88. The lowest BCUT2D eigenvalue weighted by Crippen LogP contribution is -2.12. The Labute approximate surface area is 121 Å². The van der Waals surface area contributed by atoms with Gasteiger partial charge in [0.1, 0.15) is 12.4 Å². The van der Waals surface area contributed by atoms with Crippen LogP contribution in [0.2, 0.25) is 0 Å². The van der Waals surface area contributed by atoms with Gasteiger partial charge in [-0.25, -0.2) is 4.39 Å². The fraction of sp³-hybridized carbons (Fsp3) is 0.125. The van der Waals surface area contributed by atoms with E-state index in [9.17, 15) is 9.18 Å². The quantitative estimate of drug-likeness (QED) is 0.830. The largest absolute Gasteiger partial charge is 0.384 e. The van der Waals surface area contributed by atoms with E-state index in [1.807, 2.05) is 6.92 Å². The maximum atomic E-state index is 13.7. The highest BCUT2D eigenvalue weighted by molar-refractivity contribution is 6.04. The van der Waals surface area contributed by atoms with Crippen molar-refractivity contribution in [3.05, 3.63) is 59.2 Å². The molecular formula is C16H13FN2O2. The number of nitrogens with zero attached hydrogens (tertiary/aromatic N) is 1. The second-order valence-corrected chi connectivity index (χ2v) is 4.30. The van der Waals surface area contributed by atoms with Gasteiger partial charge in [0.2, 0.25) is 0 Å². The minimum atomic E-state index is -0.606. The Bertz CT molecular complexity index is 715. The molecule has 0 saturated carbocycles. The van der Waals surface area contributed by atoms with Gasteiger partial charge >= 0.3 is 0 Å². The zero-order valence-corrected chi connectivity index (χ0v) is 11.4. The lowest BCUT2D eigenvalue weighted by atomic mass is 10.1. The Morgan fingerprint density at radius 3 is 2.81 bits per heavy atom. The molecule has 1 amide bonds. The molecule has 5 heteroatoms. The number of hydrogen-bond acceptors (Lipinski definition) is 3. The lowest BCUT2D eigenvalue weighted by Gasteiger charge is -2.06. The van der Waals surface area contributed by atoms with E-state index >= 15 is 0 Å². The van der Waals surface area contributed by atoms with Crippen molar-refractivity contribution in [3.63, 3.8) is 0 Å². The fourth-order valence-corrected chi connectivity index (χ4v) is 1.64. The van der Waals surface area contributed by atoms with E-state index in [1.165, 1.54) is 18.3 Å². The molecule has 2 N–H and O–H groups in total. The van der Waals surface area contributed by atoms with Crippen molar-refractivity contribution < 1.29 is 14.3 Å². The molecule has 0 aliphatic carbocycles. The number of benzene rings is 1. The molecule has 0 aliphatic heterocycles. The van der Waals surface area contributed by atoms with Gasteiger partial charge in [-0.15, -0.1) is 0 Å². The summed E-state index contributed by atoms with van der Waals surface area (Å²) >= 11 is 0. The van der Waals surface area contributed by atoms with E-state index in [0.29, 0.717) is 5.69 Å². The summed E-state index contributed by atoms with van der Waals surface area (Å²) in [5, 5.41) is 11.2. The number of nitrogens with one attached hydrogen (secondary N) is 1. The van der Waals surface area contributed by atoms with Crippen LogP contribution in [0.1, 0.15) is 21.6 Å². The summed E-state index contributed by atoms with van der Waals surface area (Å²) in [4.78, 5) is 16.1. The van der Waals surface area contributed by atoms with Crippen molar-refractivity contribution in [2.24, 2.45) is 0 Å². The Balaban J connectivity index is 2.16. The average molecular weight is 284 g/mol. The van der Waals surface area contributed by atoms with Crippen molar-refractivity contribution in [1.29, 1.82) is 0 Å². The molecule has 0 bridgehead atoms. The van der Waals surface area contributed by atoms with Gasteiger partial charge in [0, 0.05) is 11.3 Å². The third-order valence-electron chi connectivity index (χ3n) is 2.70. The number of carbonyl (C=O) groups is 1. The van der Waals surface area contributed by atoms with Crippen LogP contribution >= 0.6 is 0 Å². The van der Waals surface area contributed by atoms with Gasteiger partial charge in [-0.05, 0) is 37.3 Å². The van der Waals surface area contributed by atoms with Crippen molar-refractivity contribution in [3.8, 4) is 11.8 Å². The van der Waals surface area contributed by atoms with Crippen LogP contribution < -0.4 is 5.32 Å². The number of carbonyl (C=O) groups excluding carboxylic acids is 1. The topological polar surface area (TPSA) is 62.2 Å². The first kappa shape index (κ1) is 14.7. The normalized spacial score (nSPS) is 9.67. The maximum absolute atomic E-state index is 13.7. The van der Waals surface area contributed by atoms with E-state index in [0.717, 1.165) is 11.8 Å². The molecule has 106 valence electrons. The summed E-state index contributed by atoms with van der Waals surface area (Å²) in [6, 6.07) is 7.47. The maximum Gasteiger partial charge on any atom is 0.255 e. The molecule has 1 aromatic heterocycles. The van der Waals surface area contributed by atoms with Crippen LogP contribution in [-0.2, 0) is 0 Å². The van der Waals surface area contributed by atoms with Gasteiger partial charge in [0.15, 0.2) is 0 Å². The van der Waals surface area contributed by atoms with E-state index < -0.39 is 11.7 Å². The molecular weight excluding hydrogens is 271 g/mol. The summed E-state index contributed by atoms with van der Waals surface area (Å²) in [6.45, 7) is 1.50. The summed E-state index contributed by atoms with van der Waals surface area (Å²) in [5.41, 5.74) is 1.70. The SMILES string of the molecule is Cc1ccc(NC(=O)c2ccc(C#CCO)c(F)c2)cn1. The number of halogens is 1. The number of aliphatic hydroxyl groups excluding tert-OH is 1. The van der Waals surface area contributed by atoms with Crippen LogP contribution in [-0.4, -0.2) is 22.6 Å². The third-order valence-corrected chi connectivity index (χ3v) is 2.70. The summed E-state index contributed by atoms with van der Waals surface area (Å²) in [6.07, 6.45) is 1.53. The second-order valence-electron chi connectivity index (χ2n) is 4.30. The number of hydrogen-bond donors (Lipinski definition) is 2. The standard InChI is InChI=1S/C16H13FN2O2/c1-11-4-7-14(10-18-11)19-16(21)13-6-5-12(3-2-8-20)15(17)9-13/h4-7,9-10,20H,8H2,1H3,(H,19,21). The van der Waals surface area contributed by atoms with Crippen LogP contribution in [0.3, 0.4) is 0 Å². The molecule has 21 heavy (non-hydrogen) atoms. The number of rotatable bonds is 2. The molecule has 4 nitrogen and oxygen atoms in total. The Morgan fingerprint density at radius 1 is 1.38 bits per heavy atom. The lowest BCUT2D eigenvalue weighted by molar-refractivity contribution is 0.102. The predicted octanol–water partition coefficient (Wildman–Crippen LogP) is 2.13. The van der Waals surface area contributed by atoms with Gasteiger partial charge in [-0.1, -0.05) is 11.8 Å². The minimum absolute atomic E-state index is 0.137. The molecule has 0 unspecified atom stereocenters. The van der Waals surface area contributed by atoms with Crippen LogP contribution in [0, 0.1) is 24.6 Å². The zero-order valence-electron chi connectivity index (χ0n) is 11.4. The van der Waals surface area contributed by atoms with E-state index in [-0.39, 0.29) is 17.7 Å². The van der Waals surface area contributed by atoms with Gasteiger partial charge in [0.25, 0.3) is 5.91 Å². The summed E-state index contributed by atoms with van der Waals surface area (Å²) in [7, 11) is 0. The van der Waals surface area contributed by atoms with Crippen molar-refractivity contribution in [2.75, 3.05) is 11.9 Å². The average Bonchev–Trinajstić information content (AvgIpc) is 2.48. The number of amides is 1. The number of aryl methyl sites for hydroxylation is 1. The Hall–Kier alpha value is -2.71. The minimum Gasteiger partial charge on any atom is -0.384 e. The fourth-order valence-electron chi connectivity index (χ4n) is 1.64. The van der Waals surface area contributed by atoms with Gasteiger partial charge in [-0.2, -0.15) is 0 Å². The summed E-state index contributed by atoms with van der Waals surface area (Å²) < 4.78 is 13.7. The monoisotopic (exact) mass is 284 g/mol. The first-order chi connectivity index (χ1) is 10.1.